The number of para-hydroxylation sites is 2. The number of fused-ring (bicyclic) bond motifs is 2. The van der Waals surface area contributed by atoms with Gasteiger partial charge in [-0.05, 0) is 30.7 Å². The fourth-order valence-electron chi connectivity index (χ4n) is 3.39. The second-order valence-corrected chi connectivity index (χ2v) is 7.40. The number of anilines is 1. The van der Waals surface area contributed by atoms with Gasteiger partial charge in [0.1, 0.15) is 23.0 Å². The summed E-state index contributed by atoms with van der Waals surface area (Å²) in [4.78, 5) is 22.4. The number of hydrogen-bond acceptors (Lipinski definition) is 6. The first-order valence-electron chi connectivity index (χ1n) is 9.47. The molecule has 0 radical (unpaired) electrons. The number of rotatable bonds is 6. The van der Waals surface area contributed by atoms with E-state index in [0.29, 0.717) is 33.8 Å². The van der Waals surface area contributed by atoms with E-state index in [1.165, 1.54) is 0 Å². The van der Waals surface area contributed by atoms with Crippen LogP contribution in [0, 0.1) is 0 Å². The van der Waals surface area contributed by atoms with E-state index >= 15 is 0 Å². The molecule has 30 heavy (non-hydrogen) atoms. The lowest BCUT2D eigenvalue weighted by atomic mass is 10.2. The van der Waals surface area contributed by atoms with Gasteiger partial charge in [-0.1, -0.05) is 41.9 Å². The third kappa shape index (κ3) is 3.69. The summed E-state index contributed by atoms with van der Waals surface area (Å²) in [5, 5.41) is 0.602. The lowest BCUT2D eigenvalue weighted by Crippen LogP contribution is -2.20. The predicted molar refractivity (Wildman–Crippen MR) is 117 cm³/mol. The van der Waals surface area contributed by atoms with Gasteiger partial charge in [0.25, 0.3) is 0 Å². The van der Waals surface area contributed by atoms with Gasteiger partial charge in [0.15, 0.2) is 5.65 Å². The number of nitrogens with zero attached hydrogens (tertiary/aromatic N) is 3. The number of methoxy groups -OCH3 is 1. The molecule has 4 rings (SSSR count). The summed E-state index contributed by atoms with van der Waals surface area (Å²) in [7, 11) is 1.55. The Hall–Kier alpha value is -3.16. The van der Waals surface area contributed by atoms with Crippen molar-refractivity contribution in [3.05, 3.63) is 64.7 Å². The molecule has 0 aliphatic heterocycles. The number of nitrogens with two attached hydrogens (primary N) is 1. The van der Waals surface area contributed by atoms with Gasteiger partial charge in [-0.15, -0.1) is 0 Å². The van der Waals surface area contributed by atoms with Gasteiger partial charge in [0, 0.05) is 12.1 Å². The Morgan fingerprint density at radius 3 is 2.50 bits per heavy atom. The number of ether oxygens (including phenoxy) is 2. The first-order chi connectivity index (χ1) is 14.5. The van der Waals surface area contributed by atoms with Gasteiger partial charge in [-0.25, -0.2) is 14.8 Å². The van der Waals surface area contributed by atoms with Crippen LogP contribution in [0.4, 0.5) is 5.82 Å². The van der Waals surface area contributed by atoms with Crippen molar-refractivity contribution in [3.63, 3.8) is 0 Å². The molecule has 2 N–H and O–H groups in total. The molecule has 7 nitrogen and oxygen atoms in total. The van der Waals surface area contributed by atoms with Crippen molar-refractivity contribution in [2.24, 2.45) is 0 Å². The minimum atomic E-state index is -0.565. The van der Waals surface area contributed by atoms with Crippen LogP contribution in [0.5, 0.6) is 0 Å². The second kappa shape index (κ2) is 8.30. The molecule has 0 bridgehead atoms. The molecular weight excluding hydrogens is 404 g/mol. The highest BCUT2D eigenvalue weighted by atomic mass is 35.5. The van der Waals surface area contributed by atoms with Gasteiger partial charge in [0.2, 0.25) is 0 Å². The summed E-state index contributed by atoms with van der Waals surface area (Å²) in [6.07, 6.45) is -0.433. The average molecular weight is 425 g/mol. The fourth-order valence-corrected chi connectivity index (χ4v) is 3.58. The molecule has 0 aliphatic rings. The molecule has 154 valence electrons. The Kier molecular flexibility index (Phi) is 5.57. The second-order valence-electron chi connectivity index (χ2n) is 6.99. The summed E-state index contributed by atoms with van der Waals surface area (Å²) < 4.78 is 12.3. The highest BCUT2D eigenvalue weighted by Gasteiger charge is 2.26. The van der Waals surface area contributed by atoms with E-state index < -0.39 is 12.1 Å². The number of esters is 1. The molecule has 0 saturated carbocycles. The molecule has 0 amide bonds. The number of carbonyl (C=O) groups is 1. The predicted octanol–water partition coefficient (Wildman–Crippen LogP) is 4.06. The van der Waals surface area contributed by atoms with Gasteiger partial charge < -0.3 is 19.8 Å². The molecule has 0 aliphatic carbocycles. The van der Waals surface area contributed by atoms with E-state index in [1.54, 1.807) is 24.7 Å². The van der Waals surface area contributed by atoms with Crippen LogP contribution in [0.2, 0.25) is 5.02 Å². The molecule has 0 fully saturated rings. The molecular formula is C22H21ClN4O3. The SMILES string of the molecule is COC[C@@H](C)OC(=O)c1c(N)n(Cc2ccccc2Cl)c2nc3ccccc3nc12. The Morgan fingerprint density at radius 1 is 1.13 bits per heavy atom. The van der Waals surface area contributed by atoms with Crippen LogP contribution in [0.1, 0.15) is 22.8 Å². The highest BCUT2D eigenvalue weighted by Crippen LogP contribution is 2.30. The maximum absolute atomic E-state index is 13.0. The smallest absolute Gasteiger partial charge is 0.344 e. The quantitative estimate of drug-likeness (QED) is 0.469. The monoisotopic (exact) mass is 424 g/mol. The van der Waals surface area contributed by atoms with Crippen LogP contribution >= 0.6 is 11.6 Å². The standard InChI is InChI=1S/C22H21ClN4O3/c1-13(12-29-2)30-22(28)18-19-21(26-17-10-6-5-9-16(17)25-19)27(20(18)24)11-14-7-3-4-8-15(14)23/h3-10,13H,11-12,24H2,1-2H3/t13-/m1/s1. The molecule has 2 heterocycles. The van der Waals surface area contributed by atoms with Crippen molar-refractivity contribution in [3.8, 4) is 0 Å². The van der Waals surface area contributed by atoms with Crippen molar-refractivity contribution in [2.45, 2.75) is 19.6 Å². The molecule has 1 atom stereocenters. The zero-order chi connectivity index (χ0) is 21.3. The van der Waals surface area contributed by atoms with Gasteiger partial charge in [0.05, 0.1) is 24.2 Å². The van der Waals surface area contributed by atoms with E-state index in [-0.39, 0.29) is 18.0 Å². The molecule has 4 aromatic rings. The largest absolute Gasteiger partial charge is 0.456 e. The topological polar surface area (TPSA) is 92.3 Å². The van der Waals surface area contributed by atoms with Crippen molar-refractivity contribution in [1.29, 1.82) is 0 Å². The number of nitrogen functional groups attached to an aromatic ring is 1. The number of aromatic nitrogens is 3. The molecule has 2 aromatic heterocycles. The summed E-state index contributed by atoms with van der Waals surface area (Å²) in [5.41, 5.74) is 9.74. The summed E-state index contributed by atoms with van der Waals surface area (Å²) in [5.74, 6) is -0.334. The van der Waals surface area contributed by atoms with Crippen molar-refractivity contribution in [2.75, 3.05) is 19.5 Å². The Balaban J connectivity index is 1.90. The van der Waals surface area contributed by atoms with E-state index in [1.807, 2.05) is 42.5 Å². The van der Waals surface area contributed by atoms with E-state index in [0.717, 1.165) is 5.56 Å². The molecule has 2 aromatic carbocycles. The minimum absolute atomic E-state index is 0.193. The third-order valence-electron chi connectivity index (χ3n) is 4.79. The van der Waals surface area contributed by atoms with E-state index in [9.17, 15) is 4.79 Å². The minimum Gasteiger partial charge on any atom is -0.456 e. The zero-order valence-corrected chi connectivity index (χ0v) is 17.4. The Morgan fingerprint density at radius 2 is 1.80 bits per heavy atom. The Labute approximate surface area is 178 Å². The van der Waals surface area contributed by atoms with Crippen LogP contribution in [0.3, 0.4) is 0 Å². The van der Waals surface area contributed by atoms with Gasteiger partial charge in [-0.2, -0.15) is 0 Å². The van der Waals surface area contributed by atoms with Crippen LogP contribution in [-0.4, -0.2) is 40.3 Å². The summed E-state index contributed by atoms with van der Waals surface area (Å²) in [6, 6.07) is 14.9. The lowest BCUT2D eigenvalue weighted by molar-refractivity contribution is 0.0123. The number of halogens is 1. The molecule has 8 heteroatoms. The molecule has 0 spiro atoms. The van der Waals surface area contributed by atoms with Gasteiger partial charge >= 0.3 is 5.97 Å². The fraction of sp³-hybridized carbons (Fsp3) is 0.227. The van der Waals surface area contributed by atoms with Crippen LogP contribution in [-0.2, 0) is 16.0 Å². The summed E-state index contributed by atoms with van der Waals surface area (Å²) >= 11 is 6.35. The Bertz CT molecular complexity index is 1240. The molecule has 0 unspecified atom stereocenters. The summed E-state index contributed by atoms with van der Waals surface area (Å²) in [6.45, 7) is 2.37. The lowest BCUT2D eigenvalue weighted by Gasteiger charge is -2.12. The van der Waals surface area contributed by atoms with Crippen molar-refractivity contribution >= 4 is 45.6 Å². The van der Waals surface area contributed by atoms with Crippen LogP contribution < -0.4 is 5.73 Å². The van der Waals surface area contributed by atoms with Crippen molar-refractivity contribution in [1.82, 2.24) is 14.5 Å². The van der Waals surface area contributed by atoms with Crippen LogP contribution in [0.25, 0.3) is 22.2 Å². The first-order valence-corrected chi connectivity index (χ1v) is 9.85. The zero-order valence-electron chi connectivity index (χ0n) is 16.6. The van der Waals surface area contributed by atoms with E-state index in [4.69, 9.17) is 31.8 Å². The number of benzene rings is 2. The molecule has 0 saturated heterocycles. The first kappa shape index (κ1) is 20.1. The maximum Gasteiger partial charge on any atom is 0.344 e. The van der Waals surface area contributed by atoms with Crippen molar-refractivity contribution < 1.29 is 14.3 Å². The third-order valence-corrected chi connectivity index (χ3v) is 5.16. The number of hydrogen-bond donors (Lipinski definition) is 1. The normalized spacial score (nSPS) is 12.4. The highest BCUT2D eigenvalue weighted by molar-refractivity contribution is 6.31. The van der Waals surface area contributed by atoms with Crippen LogP contribution in [0.15, 0.2) is 48.5 Å². The maximum atomic E-state index is 13.0. The average Bonchev–Trinajstić information content (AvgIpc) is 2.98. The van der Waals surface area contributed by atoms with E-state index in [2.05, 4.69) is 4.98 Å². The number of carbonyl (C=O) groups excluding carboxylic acids is 1. The van der Waals surface area contributed by atoms with Gasteiger partial charge in [-0.3, -0.25) is 0 Å².